The van der Waals surface area contributed by atoms with Crippen molar-refractivity contribution < 1.29 is 0 Å². The van der Waals surface area contributed by atoms with E-state index in [2.05, 4.69) is 93.9 Å². The number of hydrogen-bond donors (Lipinski definition) is 1. The van der Waals surface area contributed by atoms with Crippen LogP contribution in [0.4, 0.5) is 0 Å². The topological polar surface area (TPSA) is 12.0 Å². The molecule has 0 amide bonds. The zero-order chi connectivity index (χ0) is 22.9. The molecule has 1 aliphatic rings. The Balaban J connectivity index is 1.79. The third-order valence-electron chi connectivity index (χ3n) is 6.58. The maximum atomic E-state index is 4.34. The lowest BCUT2D eigenvalue weighted by atomic mass is 9.83. The SMILES string of the molecule is C=Cc1ccc(/C(=C/C)CCC)cc1/C=C(\C)NC(=C)c1cccc(C2CCCCC2)c1. The lowest BCUT2D eigenvalue weighted by Gasteiger charge is -2.22. The summed E-state index contributed by atoms with van der Waals surface area (Å²) in [6, 6.07) is 15.6. The molecule has 1 N–H and O–H groups in total. The molecule has 3 rings (SSSR count). The van der Waals surface area contributed by atoms with Crippen molar-refractivity contribution in [1.29, 1.82) is 0 Å². The Morgan fingerprint density at radius 2 is 1.81 bits per heavy atom. The van der Waals surface area contributed by atoms with Crippen LogP contribution in [0.1, 0.15) is 99.5 Å². The van der Waals surface area contributed by atoms with Gasteiger partial charge in [-0.1, -0.05) is 88.2 Å². The first-order chi connectivity index (χ1) is 15.5. The van der Waals surface area contributed by atoms with Crippen molar-refractivity contribution in [3.63, 3.8) is 0 Å². The highest BCUT2D eigenvalue weighted by Gasteiger charge is 2.16. The Morgan fingerprint density at radius 1 is 1.03 bits per heavy atom. The molecular formula is C31H39N. The van der Waals surface area contributed by atoms with Gasteiger partial charge in [0.15, 0.2) is 0 Å². The van der Waals surface area contributed by atoms with Crippen molar-refractivity contribution in [3.05, 3.63) is 95.2 Å². The van der Waals surface area contributed by atoms with E-state index in [1.807, 2.05) is 6.08 Å². The molecule has 0 saturated heterocycles. The largest absolute Gasteiger partial charge is 0.359 e. The van der Waals surface area contributed by atoms with Crippen LogP contribution in [-0.4, -0.2) is 0 Å². The third-order valence-corrected chi connectivity index (χ3v) is 6.58. The van der Waals surface area contributed by atoms with Crippen LogP contribution in [0.3, 0.4) is 0 Å². The summed E-state index contributed by atoms with van der Waals surface area (Å²) in [5, 5.41) is 3.53. The molecule has 1 fully saturated rings. The van der Waals surface area contributed by atoms with Crippen LogP contribution in [-0.2, 0) is 0 Å². The molecule has 2 aromatic rings. The fourth-order valence-electron chi connectivity index (χ4n) is 4.81. The van der Waals surface area contributed by atoms with E-state index in [0.717, 1.165) is 29.8 Å². The quantitative estimate of drug-likeness (QED) is 0.422. The van der Waals surface area contributed by atoms with Crippen molar-refractivity contribution in [2.75, 3.05) is 0 Å². The van der Waals surface area contributed by atoms with Crippen LogP contribution < -0.4 is 5.32 Å². The molecule has 0 heterocycles. The lowest BCUT2D eigenvalue weighted by molar-refractivity contribution is 0.443. The zero-order valence-electron chi connectivity index (χ0n) is 20.2. The minimum Gasteiger partial charge on any atom is -0.359 e. The third kappa shape index (κ3) is 6.13. The molecule has 0 atom stereocenters. The fourth-order valence-corrected chi connectivity index (χ4v) is 4.81. The van der Waals surface area contributed by atoms with Gasteiger partial charge in [-0.05, 0) is 90.6 Å². The highest BCUT2D eigenvalue weighted by Crippen LogP contribution is 2.33. The first-order valence-electron chi connectivity index (χ1n) is 12.2. The molecule has 0 bridgehead atoms. The second-order valence-electron chi connectivity index (χ2n) is 9.00. The average molecular weight is 426 g/mol. The van der Waals surface area contributed by atoms with E-state index in [-0.39, 0.29) is 0 Å². The van der Waals surface area contributed by atoms with Gasteiger partial charge in [-0.3, -0.25) is 0 Å². The summed E-state index contributed by atoms with van der Waals surface area (Å²) < 4.78 is 0. The van der Waals surface area contributed by atoms with Gasteiger partial charge in [0.05, 0.1) is 0 Å². The number of rotatable bonds is 9. The van der Waals surface area contributed by atoms with E-state index in [9.17, 15) is 0 Å². The zero-order valence-corrected chi connectivity index (χ0v) is 20.2. The minimum atomic E-state index is 0.704. The normalized spacial score (nSPS) is 15.5. The molecule has 0 aliphatic heterocycles. The predicted molar refractivity (Wildman–Crippen MR) is 143 cm³/mol. The first-order valence-corrected chi connectivity index (χ1v) is 12.2. The maximum Gasteiger partial charge on any atom is 0.0382 e. The molecule has 2 aromatic carbocycles. The summed E-state index contributed by atoms with van der Waals surface area (Å²) in [5.74, 6) is 0.704. The van der Waals surface area contributed by atoms with Crippen LogP contribution in [0, 0.1) is 0 Å². The van der Waals surface area contributed by atoms with Gasteiger partial charge in [0.2, 0.25) is 0 Å². The van der Waals surface area contributed by atoms with Gasteiger partial charge in [-0.25, -0.2) is 0 Å². The first kappa shape index (κ1) is 23.9. The summed E-state index contributed by atoms with van der Waals surface area (Å²) in [4.78, 5) is 0. The minimum absolute atomic E-state index is 0.704. The highest BCUT2D eigenvalue weighted by molar-refractivity contribution is 5.74. The van der Waals surface area contributed by atoms with Crippen molar-refractivity contribution in [2.24, 2.45) is 0 Å². The smallest absolute Gasteiger partial charge is 0.0382 e. The Hall–Kier alpha value is -2.80. The number of hydrogen-bond acceptors (Lipinski definition) is 1. The second kappa shape index (κ2) is 11.7. The van der Waals surface area contributed by atoms with Crippen molar-refractivity contribution in [2.45, 2.75) is 71.6 Å². The molecule has 1 nitrogen and oxygen atoms in total. The number of nitrogens with one attached hydrogen (secondary N) is 1. The number of benzene rings is 2. The van der Waals surface area contributed by atoms with Crippen LogP contribution in [0.5, 0.6) is 0 Å². The van der Waals surface area contributed by atoms with E-state index in [4.69, 9.17) is 0 Å². The standard InChI is InChI=1S/C31H39N/c1-6-13-25(7-2)30-19-18-26(8-3)31(22-30)20-23(4)32-24(5)28-16-12-17-29(21-28)27-14-10-9-11-15-27/h7-8,12,16-22,27,32H,3,5-6,9-11,13-15H2,1-2,4H3/b23-20+,25-7+. The summed E-state index contributed by atoms with van der Waals surface area (Å²) >= 11 is 0. The van der Waals surface area contributed by atoms with E-state index < -0.39 is 0 Å². The summed E-state index contributed by atoms with van der Waals surface area (Å²) in [7, 11) is 0. The summed E-state index contributed by atoms with van der Waals surface area (Å²) in [5.41, 5.74) is 9.68. The molecule has 1 saturated carbocycles. The predicted octanol–water partition coefficient (Wildman–Crippen LogP) is 9.20. The monoisotopic (exact) mass is 425 g/mol. The molecular weight excluding hydrogens is 386 g/mol. The van der Waals surface area contributed by atoms with E-state index in [1.54, 1.807) is 0 Å². The van der Waals surface area contributed by atoms with E-state index >= 15 is 0 Å². The molecule has 0 unspecified atom stereocenters. The lowest BCUT2D eigenvalue weighted by Crippen LogP contribution is -2.10. The van der Waals surface area contributed by atoms with Gasteiger partial charge >= 0.3 is 0 Å². The van der Waals surface area contributed by atoms with Gasteiger partial charge in [-0.2, -0.15) is 0 Å². The molecule has 0 aromatic heterocycles. The Kier molecular flexibility index (Phi) is 8.73. The summed E-state index contributed by atoms with van der Waals surface area (Å²) in [6.45, 7) is 14.8. The van der Waals surface area contributed by atoms with Crippen LogP contribution in [0.2, 0.25) is 0 Å². The van der Waals surface area contributed by atoms with Crippen LogP contribution in [0.25, 0.3) is 23.4 Å². The van der Waals surface area contributed by atoms with Gasteiger partial charge in [0.25, 0.3) is 0 Å². The van der Waals surface area contributed by atoms with E-state index in [0.29, 0.717) is 5.92 Å². The van der Waals surface area contributed by atoms with Gasteiger partial charge < -0.3 is 5.32 Å². The molecule has 0 radical (unpaired) electrons. The molecule has 168 valence electrons. The van der Waals surface area contributed by atoms with Crippen molar-refractivity contribution in [1.82, 2.24) is 5.32 Å². The van der Waals surface area contributed by atoms with Gasteiger partial charge in [-0.15, -0.1) is 0 Å². The van der Waals surface area contributed by atoms with Crippen molar-refractivity contribution >= 4 is 23.4 Å². The Labute approximate surface area is 195 Å². The fraction of sp³-hybridized carbons (Fsp3) is 0.355. The molecule has 1 heteroatoms. The van der Waals surface area contributed by atoms with E-state index in [1.165, 1.54) is 59.9 Å². The van der Waals surface area contributed by atoms with Crippen LogP contribution in [0.15, 0.2) is 67.4 Å². The molecule has 32 heavy (non-hydrogen) atoms. The van der Waals surface area contributed by atoms with Crippen molar-refractivity contribution in [3.8, 4) is 0 Å². The van der Waals surface area contributed by atoms with Gasteiger partial charge in [0.1, 0.15) is 0 Å². The average Bonchev–Trinajstić information content (AvgIpc) is 2.83. The second-order valence-corrected chi connectivity index (χ2v) is 9.00. The van der Waals surface area contributed by atoms with Crippen LogP contribution >= 0.6 is 0 Å². The number of allylic oxidation sites excluding steroid dienone is 3. The van der Waals surface area contributed by atoms with Gasteiger partial charge in [0, 0.05) is 11.4 Å². The Morgan fingerprint density at radius 3 is 2.50 bits per heavy atom. The summed E-state index contributed by atoms with van der Waals surface area (Å²) in [6.07, 6.45) is 15.3. The Bertz CT molecular complexity index is 999. The molecule has 1 aliphatic carbocycles. The maximum absolute atomic E-state index is 4.34. The highest BCUT2D eigenvalue weighted by atomic mass is 14.9. The molecule has 0 spiro atoms.